The number of ether oxygens (including phenoxy) is 2. The van der Waals surface area contributed by atoms with E-state index in [0.29, 0.717) is 0 Å². The van der Waals surface area contributed by atoms with Crippen molar-refractivity contribution in [2.75, 3.05) is 0 Å². The molecule has 0 bridgehead atoms. The Morgan fingerprint density at radius 2 is 1.30 bits per heavy atom. The van der Waals surface area contributed by atoms with E-state index in [1.807, 2.05) is 19.6 Å². The molecule has 2 fully saturated rings. The highest BCUT2D eigenvalue weighted by Crippen LogP contribution is 2.39. The van der Waals surface area contributed by atoms with Crippen LogP contribution in [0.25, 0.3) is 0 Å². The molecule has 2 heterocycles. The zero-order valence-electron chi connectivity index (χ0n) is 20.3. The maximum atomic E-state index is 13.0. The first-order chi connectivity index (χ1) is 16.7. The fourth-order valence-electron chi connectivity index (χ4n) is 3.70. The maximum absolute atomic E-state index is 13.0. The van der Waals surface area contributed by atoms with E-state index in [-0.39, 0.29) is 12.8 Å². The minimum Gasteiger partial charge on any atom is -0.369 e. The van der Waals surface area contributed by atoms with Gasteiger partial charge in [-0.15, -0.1) is 5.54 Å². The third-order valence-corrected chi connectivity index (χ3v) is 8.39. The first kappa shape index (κ1) is 32.1. The quantitative estimate of drug-likeness (QED) is 0.142. The standard InChI is InChI=1S/C20H28F6O8S2Si/c1-5-13-17(33-35(27,28)19(21,22)23)11-16-15(31-13)12-18(34-36(29,30)20(24,25)26)14(32-16)9-7-6-8-10-37(2,3)4/h6-7,13-18H,5,9,11-12H2,1-4H3/b7-6-/t13-,14-,15+,16+,17+,18+/m0/s1. The molecule has 17 heteroatoms. The van der Waals surface area contributed by atoms with Crippen molar-refractivity contribution >= 4 is 28.3 Å². The van der Waals surface area contributed by atoms with Crippen molar-refractivity contribution in [3.63, 3.8) is 0 Å². The molecule has 8 nitrogen and oxygen atoms in total. The number of rotatable bonds is 7. The van der Waals surface area contributed by atoms with Crippen LogP contribution in [0.2, 0.25) is 19.6 Å². The maximum Gasteiger partial charge on any atom is 0.523 e. The summed E-state index contributed by atoms with van der Waals surface area (Å²) in [6.07, 6.45) is -5.98. The lowest BCUT2D eigenvalue weighted by atomic mass is 9.89. The number of fused-ring (bicyclic) bond motifs is 1. The Hall–Kier alpha value is -1.16. The van der Waals surface area contributed by atoms with Crippen molar-refractivity contribution in [2.45, 2.75) is 99.9 Å². The van der Waals surface area contributed by atoms with Gasteiger partial charge in [0.05, 0.1) is 24.4 Å². The van der Waals surface area contributed by atoms with Crippen molar-refractivity contribution in [3.8, 4) is 11.5 Å². The van der Waals surface area contributed by atoms with Gasteiger partial charge in [0.25, 0.3) is 0 Å². The van der Waals surface area contributed by atoms with Crippen LogP contribution in [0.4, 0.5) is 26.3 Å². The Morgan fingerprint density at radius 1 is 0.865 bits per heavy atom. The lowest BCUT2D eigenvalue weighted by Crippen LogP contribution is -2.57. The van der Waals surface area contributed by atoms with Crippen molar-refractivity contribution < 1.29 is 61.0 Å². The van der Waals surface area contributed by atoms with Gasteiger partial charge >= 0.3 is 31.3 Å². The van der Waals surface area contributed by atoms with Crippen molar-refractivity contribution in [2.24, 2.45) is 0 Å². The van der Waals surface area contributed by atoms with Gasteiger partial charge in [0.1, 0.15) is 20.3 Å². The molecule has 0 N–H and O–H groups in total. The molecule has 0 aromatic carbocycles. The average molecular weight is 603 g/mol. The van der Waals surface area contributed by atoms with Crippen LogP contribution >= 0.6 is 0 Å². The summed E-state index contributed by atoms with van der Waals surface area (Å²) in [4.78, 5) is 0. The molecular weight excluding hydrogens is 574 g/mol. The Balaban J connectivity index is 2.29. The lowest BCUT2D eigenvalue weighted by Gasteiger charge is -2.47. The topological polar surface area (TPSA) is 105 Å². The van der Waals surface area contributed by atoms with Gasteiger partial charge in [-0.2, -0.15) is 43.2 Å². The largest absolute Gasteiger partial charge is 0.523 e. The van der Waals surface area contributed by atoms with Crippen molar-refractivity contribution in [3.05, 3.63) is 12.2 Å². The van der Waals surface area contributed by atoms with E-state index >= 15 is 0 Å². The Morgan fingerprint density at radius 3 is 1.70 bits per heavy atom. The molecular formula is C20H28F6O8S2Si. The van der Waals surface area contributed by atoms with E-state index < -0.39 is 88.8 Å². The fraction of sp³-hybridized carbons (Fsp3) is 0.800. The van der Waals surface area contributed by atoms with Gasteiger partial charge in [0, 0.05) is 12.8 Å². The minimum absolute atomic E-state index is 0.00440. The molecule has 6 atom stereocenters. The molecule has 2 aliphatic heterocycles. The zero-order chi connectivity index (χ0) is 28.4. The number of hydrogen-bond donors (Lipinski definition) is 0. The van der Waals surface area contributed by atoms with Crippen LogP contribution in [0.5, 0.6) is 0 Å². The molecule has 2 rings (SSSR count). The molecule has 0 amide bonds. The highest BCUT2D eigenvalue weighted by molar-refractivity contribution is 7.87. The first-order valence-electron chi connectivity index (χ1n) is 11.1. The number of alkyl halides is 6. The van der Waals surface area contributed by atoms with E-state index in [2.05, 4.69) is 19.8 Å². The van der Waals surface area contributed by atoms with Crippen molar-refractivity contribution in [1.29, 1.82) is 0 Å². The van der Waals surface area contributed by atoms with Crippen LogP contribution in [-0.2, 0) is 38.1 Å². The molecule has 0 aromatic heterocycles. The van der Waals surface area contributed by atoms with Crippen LogP contribution in [0.3, 0.4) is 0 Å². The average Bonchev–Trinajstić information content (AvgIpc) is 2.70. The number of halogens is 6. The summed E-state index contributed by atoms with van der Waals surface area (Å²) >= 11 is 0. The first-order valence-corrected chi connectivity index (χ1v) is 17.5. The van der Waals surface area contributed by atoms with E-state index in [4.69, 9.17) is 9.47 Å². The molecule has 0 aromatic rings. The Bertz CT molecular complexity index is 1100. The predicted molar refractivity (Wildman–Crippen MR) is 121 cm³/mol. The highest BCUT2D eigenvalue weighted by Gasteiger charge is 2.54. The Kier molecular flexibility index (Phi) is 9.98. The molecule has 2 aliphatic rings. The highest BCUT2D eigenvalue weighted by atomic mass is 32.2. The monoisotopic (exact) mass is 602 g/mol. The molecule has 37 heavy (non-hydrogen) atoms. The van der Waals surface area contributed by atoms with E-state index in [9.17, 15) is 43.2 Å². The third kappa shape index (κ3) is 8.67. The zero-order valence-corrected chi connectivity index (χ0v) is 22.9. The second-order valence-corrected chi connectivity index (χ2v) is 17.4. The molecule has 0 aliphatic carbocycles. The van der Waals surface area contributed by atoms with Crippen LogP contribution in [0.15, 0.2) is 12.2 Å². The fourth-order valence-corrected chi connectivity index (χ4v) is 5.49. The van der Waals surface area contributed by atoms with Gasteiger partial charge in [-0.3, -0.25) is 8.37 Å². The number of hydrogen-bond acceptors (Lipinski definition) is 8. The smallest absolute Gasteiger partial charge is 0.369 e. The lowest BCUT2D eigenvalue weighted by molar-refractivity contribution is -0.236. The Labute approximate surface area is 212 Å². The second kappa shape index (κ2) is 11.5. The van der Waals surface area contributed by atoms with Crippen LogP contribution < -0.4 is 0 Å². The van der Waals surface area contributed by atoms with E-state index in [1.54, 1.807) is 0 Å². The van der Waals surface area contributed by atoms with Gasteiger partial charge < -0.3 is 9.47 Å². The molecule has 0 radical (unpaired) electrons. The normalized spacial score (nSPS) is 30.0. The van der Waals surface area contributed by atoms with Crippen LogP contribution in [0, 0.1) is 11.5 Å². The molecule has 0 spiro atoms. The SMILES string of the molecule is CC[C@@H]1O[C@@H]2C[C@@H](OS(=O)(=O)C(F)(F)F)[C@H](C/C=C\C#C[Si](C)(C)C)O[C@@H]2C[C@H]1OS(=O)(=O)C(F)(F)F. The van der Waals surface area contributed by atoms with Gasteiger partial charge in [-0.1, -0.05) is 38.6 Å². The molecule has 0 unspecified atom stereocenters. The van der Waals surface area contributed by atoms with Gasteiger partial charge in [-0.05, 0) is 18.9 Å². The van der Waals surface area contributed by atoms with Gasteiger partial charge in [0.15, 0.2) is 0 Å². The summed E-state index contributed by atoms with van der Waals surface area (Å²) in [5.41, 5.74) is -8.35. The summed E-state index contributed by atoms with van der Waals surface area (Å²) in [6, 6.07) is 0. The van der Waals surface area contributed by atoms with E-state index in [0.717, 1.165) is 0 Å². The van der Waals surface area contributed by atoms with Gasteiger partial charge in [-0.25, -0.2) is 0 Å². The van der Waals surface area contributed by atoms with E-state index in [1.165, 1.54) is 19.1 Å². The molecule has 214 valence electrons. The summed E-state index contributed by atoms with van der Waals surface area (Å²) in [7, 11) is -13.7. The molecule has 0 saturated carbocycles. The van der Waals surface area contributed by atoms with Crippen LogP contribution in [0.1, 0.15) is 32.6 Å². The minimum atomic E-state index is -6.00. The summed E-state index contributed by atoms with van der Waals surface area (Å²) < 4.78 is 144. The summed E-state index contributed by atoms with van der Waals surface area (Å²) in [5.74, 6) is 2.79. The van der Waals surface area contributed by atoms with Crippen molar-refractivity contribution in [1.82, 2.24) is 0 Å². The van der Waals surface area contributed by atoms with Gasteiger partial charge in [0.2, 0.25) is 0 Å². The summed E-state index contributed by atoms with van der Waals surface area (Å²) in [5, 5.41) is 0. The second-order valence-electron chi connectivity index (χ2n) is 9.53. The summed E-state index contributed by atoms with van der Waals surface area (Å²) in [6.45, 7) is 7.42. The van der Waals surface area contributed by atoms with Crippen LogP contribution in [-0.4, -0.2) is 72.5 Å². The molecule has 2 saturated heterocycles. The predicted octanol–water partition coefficient (Wildman–Crippen LogP) is 4.01. The number of allylic oxidation sites excluding steroid dienone is 1. The third-order valence-electron chi connectivity index (χ3n) is 5.36.